The highest BCUT2D eigenvalue weighted by Gasteiger charge is 2.21. The Labute approximate surface area is 171 Å². The number of nitrogens with one attached hydrogen (secondary N) is 3. The molecule has 3 aromatic rings. The third-order valence-electron chi connectivity index (χ3n) is 4.18. The molecule has 0 aliphatic carbocycles. The number of thiophene rings is 1. The normalized spacial score (nSPS) is 14.7. The molecule has 148 valence electrons. The van der Waals surface area contributed by atoms with Crippen LogP contribution in [-0.2, 0) is 0 Å². The molecular weight excluding hydrogens is 390 g/mol. The van der Waals surface area contributed by atoms with E-state index in [1.165, 1.54) is 11.3 Å². The van der Waals surface area contributed by atoms with Crippen LogP contribution in [0.1, 0.15) is 9.67 Å². The Hall–Kier alpha value is -3.52. The number of carbonyl (C=O) groups is 2. The van der Waals surface area contributed by atoms with Crippen LogP contribution < -0.4 is 25.4 Å². The van der Waals surface area contributed by atoms with Gasteiger partial charge in [-0.2, -0.15) is 0 Å². The zero-order chi connectivity index (χ0) is 20.1. The van der Waals surface area contributed by atoms with Gasteiger partial charge in [0.1, 0.15) is 6.61 Å². The lowest BCUT2D eigenvalue weighted by molar-refractivity contribution is 0.0922. The molecule has 3 amide bonds. The van der Waals surface area contributed by atoms with Crippen LogP contribution in [0.15, 0.2) is 66.0 Å². The van der Waals surface area contributed by atoms with Crippen molar-refractivity contribution in [1.29, 1.82) is 0 Å². The molecule has 1 aliphatic heterocycles. The lowest BCUT2D eigenvalue weighted by Gasteiger charge is -2.26. The van der Waals surface area contributed by atoms with Crippen molar-refractivity contribution in [3.05, 3.63) is 70.9 Å². The maximum atomic E-state index is 12.2. The first-order valence-electron chi connectivity index (χ1n) is 9.05. The first-order valence-corrected chi connectivity index (χ1v) is 9.93. The van der Waals surface area contributed by atoms with Gasteiger partial charge < -0.3 is 25.4 Å². The molecule has 0 spiro atoms. The molecule has 7 nitrogen and oxygen atoms in total. The molecule has 1 atom stereocenters. The Kier molecular flexibility index (Phi) is 5.62. The van der Waals surface area contributed by atoms with Crippen molar-refractivity contribution in [2.24, 2.45) is 0 Å². The summed E-state index contributed by atoms with van der Waals surface area (Å²) in [7, 11) is 0. The molecular formula is C21H19N3O4S. The fourth-order valence-electron chi connectivity index (χ4n) is 2.82. The summed E-state index contributed by atoms with van der Waals surface area (Å²) in [6.07, 6.45) is -0.271. The fraction of sp³-hybridized carbons (Fsp3) is 0.143. The van der Waals surface area contributed by atoms with Crippen molar-refractivity contribution in [2.75, 3.05) is 23.8 Å². The number of carbonyl (C=O) groups excluding carboxylic acids is 2. The second-order valence-corrected chi connectivity index (χ2v) is 7.29. The standard InChI is InChI=1S/C21H19N3O4S/c25-20(19-9-4-10-29-19)23-14-5-3-6-15(11-14)24-21(26)22-12-16-13-27-17-7-1-2-8-18(17)28-16/h1-11,16H,12-13H2,(H,23,25)(H2,22,24,26). The molecule has 1 aromatic heterocycles. The summed E-state index contributed by atoms with van der Waals surface area (Å²) in [5.74, 6) is 1.19. The minimum Gasteiger partial charge on any atom is -0.486 e. The molecule has 2 heterocycles. The third kappa shape index (κ3) is 4.85. The number of rotatable bonds is 5. The van der Waals surface area contributed by atoms with Gasteiger partial charge in [0.2, 0.25) is 0 Å². The van der Waals surface area contributed by atoms with Gasteiger partial charge in [-0.3, -0.25) is 4.79 Å². The number of hydrogen-bond donors (Lipinski definition) is 3. The van der Waals surface area contributed by atoms with Gasteiger partial charge in [-0.05, 0) is 41.8 Å². The zero-order valence-electron chi connectivity index (χ0n) is 15.4. The highest BCUT2D eigenvalue weighted by molar-refractivity contribution is 7.12. The quantitative estimate of drug-likeness (QED) is 0.595. The molecule has 29 heavy (non-hydrogen) atoms. The van der Waals surface area contributed by atoms with Gasteiger partial charge in [-0.25, -0.2) is 4.79 Å². The molecule has 1 aliphatic rings. The molecule has 2 aromatic carbocycles. The lowest BCUT2D eigenvalue weighted by Crippen LogP contribution is -2.42. The van der Waals surface area contributed by atoms with E-state index in [1.54, 1.807) is 30.3 Å². The Morgan fingerprint density at radius 3 is 2.55 bits per heavy atom. The minimum atomic E-state index is -0.366. The molecule has 0 bridgehead atoms. The summed E-state index contributed by atoms with van der Waals surface area (Å²) in [4.78, 5) is 25.0. The average molecular weight is 409 g/mol. The lowest BCUT2D eigenvalue weighted by atomic mass is 10.2. The first kappa shape index (κ1) is 18.8. The monoisotopic (exact) mass is 409 g/mol. The second kappa shape index (κ2) is 8.66. The number of para-hydroxylation sites is 2. The van der Waals surface area contributed by atoms with Crippen molar-refractivity contribution in [3.63, 3.8) is 0 Å². The number of ether oxygens (including phenoxy) is 2. The maximum Gasteiger partial charge on any atom is 0.319 e. The summed E-state index contributed by atoms with van der Waals surface area (Å²) in [6.45, 7) is 0.663. The molecule has 0 fully saturated rings. The fourth-order valence-corrected chi connectivity index (χ4v) is 3.44. The molecule has 8 heteroatoms. The van der Waals surface area contributed by atoms with Gasteiger partial charge in [0.05, 0.1) is 11.4 Å². The molecule has 0 radical (unpaired) electrons. The number of fused-ring (bicyclic) bond motifs is 1. The van der Waals surface area contributed by atoms with Gasteiger partial charge in [0, 0.05) is 11.4 Å². The largest absolute Gasteiger partial charge is 0.486 e. The van der Waals surface area contributed by atoms with Gasteiger partial charge in [-0.1, -0.05) is 24.3 Å². The van der Waals surface area contributed by atoms with Crippen molar-refractivity contribution in [2.45, 2.75) is 6.10 Å². The van der Waals surface area contributed by atoms with Gasteiger partial charge >= 0.3 is 6.03 Å². The summed E-state index contributed by atoms with van der Waals surface area (Å²) in [6, 6.07) is 17.6. The smallest absolute Gasteiger partial charge is 0.319 e. The predicted octanol–water partition coefficient (Wildman–Crippen LogP) is 3.96. The number of amides is 3. The minimum absolute atomic E-state index is 0.184. The third-order valence-corrected chi connectivity index (χ3v) is 5.05. The van der Waals surface area contributed by atoms with Crippen molar-refractivity contribution >= 4 is 34.6 Å². The van der Waals surface area contributed by atoms with Crippen LogP contribution in [0.3, 0.4) is 0 Å². The SMILES string of the molecule is O=C(NCC1COc2ccccc2O1)Nc1cccc(NC(=O)c2cccs2)c1. The van der Waals surface area contributed by atoms with E-state index in [2.05, 4.69) is 16.0 Å². The Bertz CT molecular complexity index is 1010. The van der Waals surface area contributed by atoms with E-state index in [9.17, 15) is 9.59 Å². The van der Waals surface area contributed by atoms with E-state index in [0.29, 0.717) is 40.9 Å². The second-order valence-electron chi connectivity index (χ2n) is 6.34. The summed E-state index contributed by atoms with van der Waals surface area (Å²) < 4.78 is 11.5. The summed E-state index contributed by atoms with van der Waals surface area (Å²) >= 11 is 1.37. The molecule has 0 saturated carbocycles. The van der Waals surface area contributed by atoms with E-state index >= 15 is 0 Å². The highest BCUT2D eigenvalue weighted by atomic mass is 32.1. The van der Waals surface area contributed by atoms with Crippen LogP contribution in [0.5, 0.6) is 11.5 Å². The van der Waals surface area contributed by atoms with E-state index in [1.807, 2.05) is 35.7 Å². The number of hydrogen-bond acceptors (Lipinski definition) is 5. The Balaban J connectivity index is 1.28. The summed E-state index contributed by atoms with van der Waals surface area (Å²) in [5, 5.41) is 10.2. The van der Waals surface area contributed by atoms with Crippen molar-refractivity contribution < 1.29 is 19.1 Å². The molecule has 1 unspecified atom stereocenters. The van der Waals surface area contributed by atoms with Crippen LogP contribution >= 0.6 is 11.3 Å². The first-order chi connectivity index (χ1) is 14.2. The van der Waals surface area contributed by atoms with Crippen LogP contribution in [0.4, 0.5) is 16.2 Å². The zero-order valence-corrected chi connectivity index (χ0v) is 16.2. The van der Waals surface area contributed by atoms with Crippen LogP contribution in [0, 0.1) is 0 Å². The molecule has 0 saturated heterocycles. The highest BCUT2D eigenvalue weighted by Crippen LogP contribution is 2.30. The van der Waals surface area contributed by atoms with Crippen LogP contribution in [0.2, 0.25) is 0 Å². The van der Waals surface area contributed by atoms with Gasteiger partial charge in [-0.15, -0.1) is 11.3 Å². The number of benzene rings is 2. The molecule has 4 rings (SSSR count). The molecule has 3 N–H and O–H groups in total. The van der Waals surface area contributed by atoms with Crippen molar-refractivity contribution in [1.82, 2.24) is 5.32 Å². The van der Waals surface area contributed by atoms with Crippen LogP contribution in [-0.4, -0.2) is 31.2 Å². The van der Waals surface area contributed by atoms with E-state index in [4.69, 9.17) is 9.47 Å². The summed E-state index contributed by atoms with van der Waals surface area (Å²) in [5.41, 5.74) is 1.17. The van der Waals surface area contributed by atoms with E-state index in [0.717, 1.165) is 0 Å². The predicted molar refractivity (Wildman–Crippen MR) is 112 cm³/mol. The maximum absolute atomic E-state index is 12.2. The topological polar surface area (TPSA) is 88.7 Å². The van der Waals surface area contributed by atoms with Gasteiger partial charge in [0.25, 0.3) is 5.91 Å². The Morgan fingerprint density at radius 2 is 1.76 bits per heavy atom. The van der Waals surface area contributed by atoms with E-state index < -0.39 is 0 Å². The number of anilines is 2. The van der Waals surface area contributed by atoms with Crippen LogP contribution in [0.25, 0.3) is 0 Å². The Morgan fingerprint density at radius 1 is 0.966 bits per heavy atom. The average Bonchev–Trinajstić information content (AvgIpc) is 3.27. The number of urea groups is 1. The van der Waals surface area contributed by atoms with Gasteiger partial charge in [0.15, 0.2) is 17.6 Å². The van der Waals surface area contributed by atoms with Crippen molar-refractivity contribution in [3.8, 4) is 11.5 Å². The van der Waals surface area contributed by atoms with E-state index in [-0.39, 0.29) is 18.0 Å².